The number of carboxylic acid groups (broad SMARTS) is 1. The van der Waals surface area contributed by atoms with Gasteiger partial charge in [0, 0.05) is 24.9 Å². The number of Topliss-reactive ketones (excluding diaryl/α,β-unsaturated/α-hetero) is 1. The maximum absolute atomic E-state index is 11.9. The molecule has 2 unspecified atom stereocenters. The normalized spacial score (nSPS) is 13.5. The summed E-state index contributed by atoms with van der Waals surface area (Å²) in [5.74, 6) is -0.705. The Hall–Kier alpha value is -2.47. The average Bonchev–Trinajstić information content (AvgIpc) is 2.98. The van der Waals surface area contributed by atoms with Gasteiger partial charge >= 0.3 is 5.97 Å². The Morgan fingerprint density at radius 1 is 1.14 bits per heavy atom. The number of imidazole rings is 1. The highest BCUT2D eigenvalue weighted by Gasteiger charge is 2.26. The number of carboxylic acids is 1. The predicted molar refractivity (Wildman–Crippen MR) is 109 cm³/mol. The number of carbonyl (C=O) groups is 2. The fourth-order valence-corrected chi connectivity index (χ4v) is 3.51. The summed E-state index contributed by atoms with van der Waals surface area (Å²) in [7, 11) is 0. The van der Waals surface area contributed by atoms with Crippen molar-refractivity contribution in [2.45, 2.75) is 66.1 Å². The van der Waals surface area contributed by atoms with Gasteiger partial charge < -0.3 is 9.67 Å². The van der Waals surface area contributed by atoms with E-state index in [2.05, 4.69) is 42.3 Å². The van der Waals surface area contributed by atoms with Gasteiger partial charge in [-0.2, -0.15) is 0 Å². The molecule has 28 heavy (non-hydrogen) atoms. The van der Waals surface area contributed by atoms with Gasteiger partial charge in [0.25, 0.3) is 0 Å². The first-order valence-electron chi connectivity index (χ1n) is 9.71. The molecule has 1 aromatic carbocycles. The van der Waals surface area contributed by atoms with Crippen LogP contribution in [0.5, 0.6) is 0 Å². The van der Waals surface area contributed by atoms with Gasteiger partial charge in [0.1, 0.15) is 11.8 Å². The molecule has 0 saturated heterocycles. The number of aliphatic carboxylic acids is 1. The third-order valence-corrected chi connectivity index (χ3v) is 4.74. The maximum atomic E-state index is 11.9. The summed E-state index contributed by atoms with van der Waals surface area (Å²) < 4.78 is 1.97. The molecular formula is C22H31N3O3. The predicted octanol–water partition coefficient (Wildman–Crippen LogP) is 3.14. The number of carbonyl (C=O) groups excluding carboxylic acids is 1. The number of aryl methyl sites for hydroxylation is 2. The highest BCUT2D eigenvalue weighted by Crippen LogP contribution is 2.14. The van der Waals surface area contributed by atoms with E-state index in [1.165, 1.54) is 18.1 Å². The van der Waals surface area contributed by atoms with Crippen LogP contribution < -0.4 is 5.32 Å². The molecule has 0 fully saturated rings. The van der Waals surface area contributed by atoms with Crippen molar-refractivity contribution in [2.24, 2.45) is 5.92 Å². The summed E-state index contributed by atoms with van der Waals surface area (Å²) >= 11 is 0. The van der Waals surface area contributed by atoms with E-state index in [1.54, 1.807) is 12.5 Å². The molecular weight excluding hydrogens is 354 g/mol. The van der Waals surface area contributed by atoms with Crippen LogP contribution in [0, 0.1) is 19.8 Å². The molecule has 0 saturated carbocycles. The summed E-state index contributed by atoms with van der Waals surface area (Å²) in [5, 5.41) is 12.7. The summed E-state index contributed by atoms with van der Waals surface area (Å²) in [4.78, 5) is 28.0. The Morgan fingerprint density at radius 3 is 2.32 bits per heavy atom. The van der Waals surface area contributed by atoms with Crippen molar-refractivity contribution in [3.05, 3.63) is 53.1 Å². The van der Waals surface area contributed by atoms with Crippen LogP contribution in [0.15, 0.2) is 30.7 Å². The molecule has 2 rings (SSSR count). The molecule has 0 bridgehead atoms. The molecule has 2 N–H and O–H groups in total. The lowest BCUT2D eigenvalue weighted by Gasteiger charge is -2.23. The molecule has 0 aliphatic carbocycles. The number of ketones is 1. The second-order valence-corrected chi connectivity index (χ2v) is 8.06. The second-order valence-electron chi connectivity index (χ2n) is 8.06. The number of nitrogens with one attached hydrogen (secondary N) is 1. The minimum absolute atomic E-state index is 0.0382. The van der Waals surface area contributed by atoms with E-state index < -0.39 is 18.1 Å². The summed E-state index contributed by atoms with van der Waals surface area (Å²) in [5.41, 5.74) is 4.36. The molecule has 6 nitrogen and oxygen atoms in total. The minimum Gasteiger partial charge on any atom is -0.480 e. The smallest absolute Gasteiger partial charge is 0.321 e. The molecule has 2 atom stereocenters. The first-order valence-corrected chi connectivity index (χ1v) is 9.71. The van der Waals surface area contributed by atoms with E-state index in [4.69, 9.17) is 0 Å². The fourth-order valence-electron chi connectivity index (χ4n) is 3.51. The number of nitrogens with zero attached hydrogens (tertiary/aromatic N) is 2. The van der Waals surface area contributed by atoms with Gasteiger partial charge in [-0.05, 0) is 38.7 Å². The van der Waals surface area contributed by atoms with E-state index in [0.717, 1.165) is 11.3 Å². The molecule has 0 spiro atoms. The van der Waals surface area contributed by atoms with Crippen molar-refractivity contribution >= 4 is 11.8 Å². The van der Waals surface area contributed by atoms with Crippen LogP contribution in [-0.2, 0) is 22.6 Å². The average molecular weight is 386 g/mol. The second kappa shape index (κ2) is 9.64. The molecule has 0 amide bonds. The highest BCUT2D eigenvalue weighted by atomic mass is 16.4. The lowest BCUT2D eigenvalue weighted by Crippen LogP contribution is -2.48. The van der Waals surface area contributed by atoms with E-state index in [9.17, 15) is 14.7 Å². The molecule has 152 valence electrons. The lowest BCUT2D eigenvalue weighted by atomic mass is 9.99. The molecule has 6 heteroatoms. The van der Waals surface area contributed by atoms with E-state index >= 15 is 0 Å². The van der Waals surface area contributed by atoms with E-state index in [-0.39, 0.29) is 12.2 Å². The standard InChI is InChI=1S/C22H31N3O3/c1-14(2)6-20(17(5)26)24-21(22(27)28)10-19-11-23-13-25(19)12-18-8-15(3)7-16(4)9-18/h7-9,11,13-14,20-21,24H,6,10,12H2,1-5H3,(H,27,28). The van der Waals surface area contributed by atoms with Crippen LogP contribution in [0.2, 0.25) is 0 Å². The fraction of sp³-hybridized carbons (Fsp3) is 0.500. The van der Waals surface area contributed by atoms with E-state index in [0.29, 0.717) is 18.9 Å². The van der Waals surface area contributed by atoms with Gasteiger partial charge in [-0.25, -0.2) is 4.98 Å². The quantitative estimate of drug-likeness (QED) is 0.656. The van der Waals surface area contributed by atoms with Crippen LogP contribution in [0.4, 0.5) is 0 Å². The van der Waals surface area contributed by atoms with Gasteiger partial charge in [-0.3, -0.25) is 14.9 Å². The van der Waals surface area contributed by atoms with Gasteiger partial charge in [0.2, 0.25) is 0 Å². The monoisotopic (exact) mass is 385 g/mol. The summed E-state index contributed by atoms with van der Waals surface area (Å²) in [6.45, 7) is 10.3. The summed E-state index contributed by atoms with van der Waals surface area (Å²) in [6, 6.07) is 5.06. The molecule has 1 heterocycles. The van der Waals surface area contributed by atoms with Gasteiger partial charge in [-0.1, -0.05) is 43.2 Å². The summed E-state index contributed by atoms with van der Waals surface area (Å²) in [6.07, 6.45) is 4.30. The zero-order valence-corrected chi connectivity index (χ0v) is 17.4. The van der Waals surface area contributed by atoms with Crippen molar-refractivity contribution in [1.29, 1.82) is 0 Å². The molecule has 0 aliphatic heterocycles. The van der Waals surface area contributed by atoms with Crippen LogP contribution in [-0.4, -0.2) is 38.5 Å². The van der Waals surface area contributed by atoms with Gasteiger partial charge in [-0.15, -0.1) is 0 Å². The third-order valence-electron chi connectivity index (χ3n) is 4.74. The number of rotatable bonds is 10. The van der Waals surface area contributed by atoms with Crippen molar-refractivity contribution in [3.63, 3.8) is 0 Å². The van der Waals surface area contributed by atoms with E-state index in [1.807, 2.05) is 18.4 Å². The van der Waals surface area contributed by atoms with Gasteiger partial charge in [0.05, 0.1) is 12.4 Å². The first-order chi connectivity index (χ1) is 13.2. The van der Waals surface area contributed by atoms with Crippen molar-refractivity contribution in [1.82, 2.24) is 14.9 Å². The number of hydrogen-bond donors (Lipinski definition) is 2. The third kappa shape index (κ3) is 6.30. The Labute approximate surface area is 167 Å². The lowest BCUT2D eigenvalue weighted by molar-refractivity contribution is -0.139. The Bertz CT molecular complexity index is 806. The van der Waals surface area contributed by atoms with Crippen molar-refractivity contribution in [3.8, 4) is 0 Å². The van der Waals surface area contributed by atoms with Crippen molar-refractivity contribution < 1.29 is 14.7 Å². The highest BCUT2D eigenvalue weighted by molar-refractivity contribution is 5.83. The Kier molecular flexibility index (Phi) is 7.52. The van der Waals surface area contributed by atoms with Crippen LogP contribution >= 0.6 is 0 Å². The van der Waals surface area contributed by atoms with Crippen molar-refractivity contribution in [2.75, 3.05) is 0 Å². The zero-order valence-electron chi connectivity index (χ0n) is 17.4. The minimum atomic E-state index is -0.964. The Balaban J connectivity index is 2.17. The topological polar surface area (TPSA) is 84.2 Å². The zero-order chi connectivity index (χ0) is 20.8. The number of aromatic nitrogens is 2. The SMILES string of the molecule is CC(=O)C(CC(C)C)NC(Cc1cncn1Cc1cc(C)cc(C)c1)C(=O)O. The van der Waals surface area contributed by atoms with Crippen LogP contribution in [0.25, 0.3) is 0 Å². The largest absolute Gasteiger partial charge is 0.480 e. The molecule has 0 aliphatic rings. The number of benzene rings is 1. The number of hydrogen-bond acceptors (Lipinski definition) is 4. The Morgan fingerprint density at radius 2 is 1.79 bits per heavy atom. The molecule has 1 aromatic heterocycles. The van der Waals surface area contributed by atoms with Crippen LogP contribution in [0.1, 0.15) is 49.6 Å². The van der Waals surface area contributed by atoms with Gasteiger partial charge in [0.15, 0.2) is 0 Å². The van der Waals surface area contributed by atoms with Crippen LogP contribution in [0.3, 0.4) is 0 Å². The first kappa shape index (κ1) is 21.8. The molecule has 0 radical (unpaired) electrons. The molecule has 2 aromatic rings. The maximum Gasteiger partial charge on any atom is 0.321 e.